The number of hydrogen-bond donors (Lipinski definition) is 1. The van der Waals surface area contributed by atoms with Crippen LogP contribution in [0.4, 0.5) is 0 Å². The lowest BCUT2D eigenvalue weighted by Crippen LogP contribution is -2.29. The van der Waals surface area contributed by atoms with E-state index in [1.54, 1.807) is 13.1 Å². The van der Waals surface area contributed by atoms with E-state index in [1.165, 1.54) is 11.3 Å². The number of H-pyrrole nitrogens is 1. The summed E-state index contributed by atoms with van der Waals surface area (Å²) in [5, 5.41) is 8.40. The zero-order valence-electron chi connectivity index (χ0n) is 21.3. The molecule has 0 unspecified atom stereocenters. The van der Waals surface area contributed by atoms with Gasteiger partial charge >= 0.3 is 5.97 Å². The highest BCUT2D eigenvalue weighted by atomic mass is 35.5. The van der Waals surface area contributed by atoms with Crippen LogP contribution in [-0.4, -0.2) is 38.3 Å². The van der Waals surface area contributed by atoms with Crippen LogP contribution in [0.1, 0.15) is 44.9 Å². The van der Waals surface area contributed by atoms with E-state index in [9.17, 15) is 4.79 Å². The van der Waals surface area contributed by atoms with E-state index in [0.717, 1.165) is 54.2 Å². The van der Waals surface area contributed by atoms with Crippen molar-refractivity contribution in [3.63, 3.8) is 0 Å². The number of rotatable bonds is 6. The second-order valence-electron chi connectivity index (χ2n) is 9.72. The van der Waals surface area contributed by atoms with Gasteiger partial charge in [0.05, 0.1) is 39.8 Å². The van der Waals surface area contributed by atoms with Gasteiger partial charge in [0.25, 0.3) is 0 Å². The van der Waals surface area contributed by atoms with Gasteiger partial charge in [-0.05, 0) is 76.1 Å². The highest BCUT2D eigenvalue weighted by molar-refractivity contribution is 7.22. The summed E-state index contributed by atoms with van der Waals surface area (Å²) in [7, 11) is 0. The van der Waals surface area contributed by atoms with Crippen molar-refractivity contribution in [1.82, 2.24) is 20.2 Å². The van der Waals surface area contributed by atoms with E-state index < -0.39 is 17.7 Å². The number of esters is 1. The lowest BCUT2D eigenvalue weighted by Gasteiger charge is -2.29. The first-order valence-electron chi connectivity index (χ1n) is 12.0. The maximum absolute atomic E-state index is 13.3. The fraction of sp³-hybridized carbons (Fsp3) is 0.286. The van der Waals surface area contributed by atoms with E-state index in [2.05, 4.69) is 10.2 Å². The first-order valence-corrected chi connectivity index (χ1v) is 13.2. The Morgan fingerprint density at radius 3 is 2.57 bits per heavy atom. The summed E-state index contributed by atoms with van der Waals surface area (Å²) in [5.41, 5.74) is 6.05. The van der Waals surface area contributed by atoms with E-state index in [4.69, 9.17) is 31.0 Å². The number of hydrogen-bond acceptors (Lipinski definition) is 7. The number of halogens is 1. The third-order valence-corrected chi connectivity index (χ3v) is 7.17. The zero-order chi connectivity index (χ0) is 26.3. The van der Waals surface area contributed by atoms with Gasteiger partial charge in [-0.15, -0.1) is 11.3 Å². The largest absolute Gasteiger partial charge is 0.464 e. The molecule has 0 aliphatic heterocycles. The maximum Gasteiger partial charge on any atom is 0.339 e. The number of ether oxygens (including phenoxy) is 2. The number of carbonyl (C=O) groups is 1. The molecule has 1 N–H and O–H groups in total. The quantitative estimate of drug-likeness (QED) is 0.230. The van der Waals surface area contributed by atoms with Gasteiger partial charge in [-0.3, -0.25) is 5.10 Å². The number of pyridine rings is 1. The van der Waals surface area contributed by atoms with E-state index in [1.807, 2.05) is 70.2 Å². The molecule has 2 aromatic carbocycles. The molecular weight excluding hydrogens is 508 g/mol. The molecular formula is C28H27ClN4O3S. The Bertz CT molecular complexity index is 1600. The summed E-state index contributed by atoms with van der Waals surface area (Å²) in [6, 6.07) is 13.5. The highest BCUT2D eigenvalue weighted by Gasteiger charge is 2.33. The van der Waals surface area contributed by atoms with Gasteiger partial charge < -0.3 is 9.47 Å². The lowest BCUT2D eigenvalue weighted by molar-refractivity contribution is -0.166. The van der Waals surface area contributed by atoms with E-state index >= 15 is 0 Å². The highest BCUT2D eigenvalue weighted by Crippen LogP contribution is 2.44. The van der Waals surface area contributed by atoms with Gasteiger partial charge in [0.15, 0.2) is 6.10 Å². The molecule has 9 heteroatoms. The average Bonchev–Trinajstić information content (AvgIpc) is 3.48. The van der Waals surface area contributed by atoms with Crippen molar-refractivity contribution in [3.8, 4) is 21.8 Å². The minimum atomic E-state index is -0.916. The predicted molar refractivity (Wildman–Crippen MR) is 148 cm³/mol. The number of nitrogens with one attached hydrogen (secondary N) is 1. The van der Waals surface area contributed by atoms with Gasteiger partial charge in [-0.2, -0.15) is 5.10 Å². The molecule has 0 bridgehead atoms. The molecule has 0 saturated carbocycles. The van der Waals surface area contributed by atoms with Gasteiger partial charge in [-0.25, -0.2) is 14.8 Å². The van der Waals surface area contributed by atoms with Crippen LogP contribution in [0.15, 0.2) is 48.7 Å². The monoisotopic (exact) mass is 534 g/mol. The summed E-state index contributed by atoms with van der Waals surface area (Å²) < 4.78 is 12.7. The van der Waals surface area contributed by atoms with Gasteiger partial charge in [0, 0.05) is 16.1 Å². The van der Waals surface area contributed by atoms with Crippen LogP contribution >= 0.6 is 22.9 Å². The first kappa shape index (κ1) is 25.3. The number of benzene rings is 2. The van der Waals surface area contributed by atoms with Crippen LogP contribution in [0.25, 0.3) is 43.1 Å². The number of thiazole rings is 1. The molecule has 3 aromatic heterocycles. The minimum Gasteiger partial charge on any atom is -0.464 e. The van der Waals surface area contributed by atoms with Crippen LogP contribution in [-0.2, 0) is 14.3 Å². The minimum absolute atomic E-state index is 0.257. The summed E-state index contributed by atoms with van der Waals surface area (Å²) in [6.07, 6.45) is 0.780. The van der Waals surface area contributed by atoms with Crippen molar-refractivity contribution in [2.45, 2.75) is 46.3 Å². The normalized spacial score (nSPS) is 12.8. The smallest absolute Gasteiger partial charge is 0.339 e. The first-order chi connectivity index (χ1) is 17.6. The second kappa shape index (κ2) is 9.85. The molecule has 0 fully saturated rings. The lowest BCUT2D eigenvalue weighted by atomic mass is 9.91. The number of nitrogens with zero attached hydrogens (tertiary/aromatic N) is 3. The molecule has 0 saturated heterocycles. The third kappa shape index (κ3) is 5.09. The standard InChI is InChI=1S/C28H27ClN4O3S/c1-6-35-27(34)24(36-28(3,4)5)22-15(2)13-20-25(23(22)16-7-9-17(29)10-8-16)37-26(32-20)19-12-11-18-21(31-19)14-30-33-18/h7-14,24H,6H2,1-5H3,(H,30,33)/t24-/m0/s1. The van der Waals surface area contributed by atoms with Crippen LogP contribution in [0.2, 0.25) is 5.02 Å². The molecule has 0 aliphatic rings. The number of aromatic nitrogens is 4. The van der Waals surface area contributed by atoms with Crippen molar-refractivity contribution >= 4 is 50.2 Å². The van der Waals surface area contributed by atoms with Crippen molar-refractivity contribution in [2.24, 2.45) is 0 Å². The molecule has 190 valence electrons. The number of carbonyl (C=O) groups excluding carboxylic acids is 1. The molecule has 7 nitrogen and oxygen atoms in total. The third-order valence-electron chi connectivity index (χ3n) is 5.81. The Labute approximate surface area is 223 Å². The molecule has 5 rings (SSSR count). The molecule has 0 amide bonds. The molecule has 5 aromatic rings. The summed E-state index contributed by atoms with van der Waals surface area (Å²) >= 11 is 7.75. The Kier molecular flexibility index (Phi) is 6.74. The Morgan fingerprint density at radius 1 is 1.11 bits per heavy atom. The van der Waals surface area contributed by atoms with Crippen LogP contribution in [0.3, 0.4) is 0 Å². The topological polar surface area (TPSA) is 90.0 Å². The van der Waals surface area contributed by atoms with Gasteiger partial charge in [0.1, 0.15) is 10.5 Å². The summed E-state index contributed by atoms with van der Waals surface area (Å²) in [5.74, 6) is -0.424. The second-order valence-corrected chi connectivity index (χ2v) is 11.2. The van der Waals surface area contributed by atoms with Crippen molar-refractivity contribution in [1.29, 1.82) is 0 Å². The SMILES string of the molecule is CCOC(=O)[C@@H](OC(C)(C)C)c1c(C)cc2nc(-c3ccc4[nH]ncc4n3)sc2c1-c1ccc(Cl)cc1. The fourth-order valence-corrected chi connectivity index (χ4v) is 5.53. The van der Waals surface area contributed by atoms with Gasteiger partial charge in [-0.1, -0.05) is 23.7 Å². The van der Waals surface area contributed by atoms with Crippen molar-refractivity contribution in [3.05, 3.63) is 64.8 Å². The molecule has 0 aliphatic carbocycles. The van der Waals surface area contributed by atoms with E-state index in [0.29, 0.717) is 5.02 Å². The number of aromatic amines is 1. The molecule has 37 heavy (non-hydrogen) atoms. The average molecular weight is 535 g/mol. The Morgan fingerprint density at radius 2 is 1.86 bits per heavy atom. The maximum atomic E-state index is 13.3. The number of aryl methyl sites for hydroxylation is 1. The van der Waals surface area contributed by atoms with Gasteiger partial charge in [0.2, 0.25) is 0 Å². The van der Waals surface area contributed by atoms with Crippen LogP contribution < -0.4 is 0 Å². The van der Waals surface area contributed by atoms with Crippen molar-refractivity contribution < 1.29 is 14.3 Å². The Balaban J connectivity index is 1.78. The van der Waals surface area contributed by atoms with Crippen LogP contribution in [0.5, 0.6) is 0 Å². The molecule has 1 atom stereocenters. The molecule has 0 radical (unpaired) electrons. The summed E-state index contributed by atoms with van der Waals surface area (Å²) in [4.78, 5) is 22.9. The molecule has 3 heterocycles. The fourth-order valence-electron chi connectivity index (χ4n) is 4.31. The zero-order valence-corrected chi connectivity index (χ0v) is 22.8. The Hall–Kier alpha value is -3.33. The van der Waals surface area contributed by atoms with Crippen molar-refractivity contribution in [2.75, 3.05) is 6.61 Å². The summed E-state index contributed by atoms with van der Waals surface area (Å²) in [6.45, 7) is 9.81. The molecule has 0 spiro atoms. The predicted octanol–water partition coefficient (Wildman–Crippen LogP) is 7.28. The van der Waals surface area contributed by atoms with E-state index in [-0.39, 0.29) is 6.61 Å². The number of fused-ring (bicyclic) bond motifs is 2. The van der Waals surface area contributed by atoms with Crippen LogP contribution in [0, 0.1) is 6.92 Å².